The summed E-state index contributed by atoms with van der Waals surface area (Å²) in [6.07, 6.45) is 0. The number of nitrogens with one attached hydrogen (secondary N) is 2. The minimum atomic E-state index is -3.66. The van der Waals surface area contributed by atoms with Crippen LogP contribution in [0.15, 0.2) is 47.4 Å². The molecule has 4 N–H and O–H groups in total. The molecule has 0 heterocycles. The van der Waals surface area contributed by atoms with Crippen molar-refractivity contribution in [1.82, 2.24) is 4.72 Å². The molecule has 7 nitrogen and oxygen atoms in total. The fourth-order valence-corrected chi connectivity index (χ4v) is 3.26. The number of ether oxygens (including phenoxy) is 1. The molecule has 0 spiro atoms. The number of hydrogen-bond acceptors (Lipinski definition) is 5. The number of anilines is 1. The van der Waals surface area contributed by atoms with Crippen LogP contribution >= 0.6 is 0 Å². The first-order chi connectivity index (χ1) is 12.3. The highest BCUT2D eigenvalue weighted by atomic mass is 32.2. The number of hydrogen-bond donors (Lipinski definition) is 3. The van der Waals surface area contributed by atoms with E-state index in [2.05, 4.69) is 10.0 Å². The number of aryl methyl sites for hydroxylation is 2. The number of nitrogens with two attached hydrogens (primary N) is 1. The van der Waals surface area contributed by atoms with Crippen LogP contribution in [0.2, 0.25) is 0 Å². The monoisotopic (exact) mass is 377 g/mol. The molecule has 0 unspecified atom stereocenters. The Kier molecular flexibility index (Phi) is 6.73. The van der Waals surface area contributed by atoms with E-state index in [0.717, 1.165) is 11.1 Å². The van der Waals surface area contributed by atoms with Gasteiger partial charge in [0.15, 0.2) is 6.61 Å². The Morgan fingerprint density at radius 1 is 1.12 bits per heavy atom. The Morgan fingerprint density at radius 2 is 1.88 bits per heavy atom. The summed E-state index contributed by atoms with van der Waals surface area (Å²) < 4.78 is 32.0. The Balaban J connectivity index is 1.98. The zero-order valence-corrected chi connectivity index (χ0v) is 15.6. The van der Waals surface area contributed by atoms with Crippen molar-refractivity contribution in [2.24, 2.45) is 5.73 Å². The highest BCUT2D eigenvalue weighted by molar-refractivity contribution is 7.89. The van der Waals surface area contributed by atoms with Crippen LogP contribution in [0.25, 0.3) is 0 Å². The van der Waals surface area contributed by atoms with Gasteiger partial charge in [-0.2, -0.15) is 0 Å². The molecule has 0 radical (unpaired) electrons. The van der Waals surface area contributed by atoms with Gasteiger partial charge >= 0.3 is 0 Å². The van der Waals surface area contributed by atoms with Crippen LogP contribution in [0, 0.1) is 13.8 Å². The second-order valence-corrected chi connectivity index (χ2v) is 7.56. The van der Waals surface area contributed by atoms with Gasteiger partial charge < -0.3 is 15.8 Å². The summed E-state index contributed by atoms with van der Waals surface area (Å²) in [5.41, 5.74) is 7.90. The molecular weight excluding hydrogens is 354 g/mol. The summed E-state index contributed by atoms with van der Waals surface area (Å²) in [6, 6.07) is 11.6. The number of sulfonamides is 1. The summed E-state index contributed by atoms with van der Waals surface area (Å²) in [6.45, 7) is 4.13. The predicted molar refractivity (Wildman–Crippen MR) is 101 cm³/mol. The molecule has 2 rings (SSSR count). The Hall–Kier alpha value is -2.42. The molecule has 0 bridgehead atoms. The fourth-order valence-electron chi connectivity index (χ4n) is 2.17. The molecule has 8 heteroatoms. The average Bonchev–Trinajstić information content (AvgIpc) is 2.61. The van der Waals surface area contributed by atoms with Gasteiger partial charge in [0.05, 0.1) is 4.90 Å². The average molecular weight is 377 g/mol. The van der Waals surface area contributed by atoms with E-state index in [9.17, 15) is 13.2 Å². The first-order valence-corrected chi connectivity index (χ1v) is 9.60. The standard InChI is InChI=1S/C18H23N3O4S/c1-13-6-7-16(10-14(13)2)25-12-18(22)21-15-4-3-5-17(11-15)26(23,24)20-9-8-19/h3-7,10-11,20H,8-9,12,19H2,1-2H3,(H,21,22). The van der Waals surface area contributed by atoms with Crippen molar-refractivity contribution < 1.29 is 17.9 Å². The van der Waals surface area contributed by atoms with Crippen LogP contribution in [-0.2, 0) is 14.8 Å². The van der Waals surface area contributed by atoms with E-state index in [0.29, 0.717) is 11.4 Å². The van der Waals surface area contributed by atoms with Crippen LogP contribution in [0.4, 0.5) is 5.69 Å². The number of carbonyl (C=O) groups is 1. The molecule has 140 valence electrons. The molecular formula is C18H23N3O4S. The predicted octanol–water partition coefficient (Wildman–Crippen LogP) is 1.56. The maximum absolute atomic E-state index is 12.1. The highest BCUT2D eigenvalue weighted by Gasteiger charge is 2.14. The number of amides is 1. The van der Waals surface area contributed by atoms with Gasteiger partial charge in [0, 0.05) is 18.8 Å². The molecule has 1 amide bonds. The number of benzene rings is 2. The summed E-state index contributed by atoms with van der Waals surface area (Å²) in [7, 11) is -3.66. The smallest absolute Gasteiger partial charge is 0.262 e. The van der Waals surface area contributed by atoms with Gasteiger partial charge in [-0.15, -0.1) is 0 Å². The summed E-state index contributed by atoms with van der Waals surface area (Å²) >= 11 is 0. The third-order valence-corrected chi connectivity index (χ3v) is 5.17. The Bertz CT molecular complexity index is 882. The second kappa shape index (κ2) is 8.79. The van der Waals surface area contributed by atoms with Crippen molar-refractivity contribution in [2.75, 3.05) is 25.0 Å². The number of rotatable bonds is 8. The van der Waals surface area contributed by atoms with Crippen LogP contribution in [0.1, 0.15) is 11.1 Å². The normalized spacial score (nSPS) is 11.2. The SMILES string of the molecule is Cc1ccc(OCC(=O)Nc2cccc(S(=O)(=O)NCCN)c2)cc1C. The molecule has 26 heavy (non-hydrogen) atoms. The quantitative estimate of drug-likeness (QED) is 0.647. The van der Waals surface area contributed by atoms with Crippen molar-refractivity contribution in [3.8, 4) is 5.75 Å². The van der Waals surface area contributed by atoms with Crippen molar-refractivity contribution in [3.05, 3.63) is 53.6 Å². The lowest BCUT2D eigenvalue weighted by Gasteiger charge is -2.10. The lowest BCUT2D eigenvalue weighted by Crippen LogP contribution is -2.29. The molecule has 2 aromatic rings. The van der Waals surface area contributed by atoms with Crippen molar-refractivity contribution >= 4 is 21.6 Å². The van der Waals surface area contributed by atoms with Crippen LogP contribution in [0.5, 0.6) is 5.75 Å². The third-order valence-electron chi connectivity index (χ3n) is 3.71. The maximum Gasteiger partial charge on any atom is 0.262 e. The van der Waals surface area contributed by atoms with E-state index in [1.165, 1.54) is 12.1 Å². The van der Waals surface area contributed by atoms with E-state index in [-0.39, 0.29) is 30.5 Å². The molecule has 0 saturated heterocycles. The minimum Gasteiger partial charge on any atom is -0.484 e. The van der Waals surface area contributed by atoms with Crippen molar-refractivity contribution in [1.29, 1.82) is 0 Å². The van der Waals surface area contributed by atoms with Gasteiger partial charge in [0.2, 0.25) is 10.0 Å². The van der Waals surface area contributed by atoms with Crippen molar-refractivity contribution in [3.63, 3.8) is 0 Å². The third kappa shape index (κ3) is 5.55. The summed E-state index contributed by atoms with van der Waals surface area (Å²) in [5, 5.41) is 2.63. The van der Waals surface area contributed by atoms with E-state index >= 15 is 0 Å². The van der Waals surface area contributed by atoms with E-state index in [4.69, 9.17) is 10.5 Å². The minimum absolute atomic E-state index is 0.0545. The molecule has 0 aliphatic carbocycles. The zero-order chi connectivity index (χ0) is 19.2. The van der Waals surface area contributed by atoms with Crippen molar-refractivity contribution in [2.45, 2.75) is 18.7 Å². The van der Waals surface area contributed by atoms with E-state index in [1.807, 2.05) is 26.0 Å². The van der Waals surface area contributed by atoms with E-state index in [1.54, 1.807) is 18.2 Å². The highest BCUT2D eigenvalue weighted by Crippen LogP contribution is 2.17. The maximum atomic E-state index is 12.1. The van der Waals surface area contributed by atoms with Gasteiger partial charge in [-0.1, -0.05) is 12.1 Å². The molecule has 0 aliphatic rings. The van der Waals surface area contributed by atoms with Gasteiger partial charge in [0.25, 0.3) is 5.91 Å². The van der Waals surface area contributed by atoms with Crippen LogP contribution < -0.4 is 20.5 Å². The van der Waals surface area contributed by atoms with Gasteiger partial charge in [-0.3, -0.25) is 4.79 Å². The molecule has 0 atom stereocenters. The molecule has 0 aliphatic heterocycles. The Labute approximate surface area is 153 Å². The van der Waals surface area contributed by atoms with Crippen LogP contribution in [0.3, 0.4) is 0 Å². The molecule has 0 fully saturated rings. The van der Waals surface area contributed by atoms with Crippen LogP contribution in [-0.4, -0.2) is 34.0 Å². The molecule has 0 aromatic heterocycles. The molecule has 2 aromatic carbocycles. The first kappa shape index (κ1) is 19.9. The molecule has 0 saturated carbocycles. The summed E-state index contributed by atoms with van der Waals surface area (Å²) in [5.74, 6) is 0.221. The topological polar surface area (TPSA) is 111 Å². The lowest BCUT2D eigenvalue weighted by molar-refractivity contribution is -0.118. The lowest BCUT2D eigenvalue weighted by atomic mass is 10.1. The van der Waals surface area contributed by atoms with Gasteiger partial charge in [-0.25, -0.2) is 13.1 Å². The fraction of sp³-hybridized carbons (Fsp3) is 0.278. The summed E-state index contributed by atoms with van der Waals surface area (Å²) in [4.78, 5) is 12.1. The van der Waals surface area contributed by atoms with Gasteiger partial charge in [-0.05, 0) is 55.3 Å². The zero-order valence-electron chi connectivity index (χ0n) is 14.8. The number of carbonyl (C=O) groups excluding carboxylic acids is 1. The largest absolute Gasteiger partial charge is 0.484 e. The second-order valence-electron chi connectivity index (χ2n) is 5.80. The first-order valence-electron chi connectivity index (χ1n) is 8.11. The Morgan fingerprint density at radius 3 is 2.58 bits per heavy atom. The van der Waals surface area contributed by atoms with Gasteiger partial charge in [0.1, 0.15) is 5.75 Å². The van der Waals surface area contributed by atoms with E-state index < -0.39 is 10.0 Å².